The minimum absolute atomic E-state index is 0.167. The van der Waals surface area contributed by atoms with Gasteiger partial charge < -0.3 is 19.5 Å². The number of aromatic nitrogens is 2. The fourth-order valence-corrected chi connectivity index (χ4v) is 4.29. The molecule has 152 valence electrons. The quantitative estimate of drug-likeness (QED) is 0.617. The van der Waals surface area contributed by atoms with Crippen LogP contribution in [0.15, 0.2) is 39.5 Å². The zero-order valence-electron chi connectivity index (χ0n) is 15.9. The van der Waals surface area contributed by atoms with E-state index in [1.807, 2.05) is 21.7 Å². The van der Waals surface area contributed by atoms with Gasteiger partial charge in [-0.2, -0.15) is 16.3 Å². The lowest BCUT2D eigenvalue weighted by molar-refractivity contribution is 0.173. The van der Waals surface area contributed by atoms with Crippen LogP contribution in [0.3, 0.4) is 0 Å². The van der Waals surface area contributed by atoms with E-state index in [0.717, 1.165) is 18.4 Å². The number of anilines is 1. The predicted octanol–water partition coefficient (Wildman–Crippen LogP) is 4.95. The zero-order valence-corrected chi connectivity index (χ0v) is 17.5. The molecule has 1 aliphatic heterocycles. The van der Waals surface area contributed by atoms with Crippen molar-refractivity contribution in [2.24, 2.45) is 5.92 Å². The third-order valence-electron chi connectivity index (χ3n) is 4.92. The molecule has 3 heterocycles. The van der Waals surface area contributed by atoms with Crippen LogP contribution in [0.1, 0.15) is 18.7 Å². The van der Waals surface area contributed by atoms with Crippen molar-refractivity contribution in [1.82, 2.24) is 15.0 Å². The Kier molecular flexibility index (Phi) is 6.01. The van der Waals surface area contributed by atoms with E-state index in [0.29, 0.717) is 47.7 Å². The van der Waals surface area contributed by atoms with E-state index in [4.69, 9.17) is 20.9 Å². The summed E-state index contributed by atoms with van der Waals surface area (Å²) in [5.74, 6) is 2.06. The molecule has 0 spiro atoms. The Morgan fingerprint density at radius 2 is 2.34 bits per heavy atom. The molecule has 0 bridgehead atoms. The molecule has 0 aliphatic carbocycles. The molecule has 0 saturated carbocycles. The highest BCUT2D eigenvalue weighted by molar-refractivity contribution is 7.08. The molecule has 1 atom stereocenters. The van der Waals surface area contributed by atoms with E-state index in [1.165, 1.54) is 0 Å². The molecule has 0 radical (unpaired) electrons. The number of piperidine rings is 1. The lowest BCUT2D eigenvalue weighted by Crippen LogP contribution is -2.42. The highest BCUT2D eigenvalue weighted by Crippen LogP contribution is 2.29. The molecule has 1 saturated heterocycles. The van der Waals surface area contributed by atoms with Gasteiger partial charge >= 0.3 is 6.03 Å². The van der Waals surface area contributed by atoms with Crippen LogP contribution in [-0.4, -0.2) is 41.3 Å². The third-order valence-corrected chi connectivity index (χ3v) is 5.84. The van der Waals surface area contributed by atoms with Crippen molar-refractivity contribution in [3.8, 4) is 17.1 Å². The van der Waals surface area contributed by atoms with Crippen LogP contribution in [0.2, 0.25) is 5.02 Å². The van der Waals surface area contributed by atoms with Crippen LogP contribution in [0.5, 0.6) is 5.75 Å². The van der Waals surface area contributed by atoms with E-state index >= 15 is 0 Å². The summed E-state index contributed by atoms with van der Waals surface area (Å²) in [5.41, 5.74) is 1.52. The summed E-state index contributed by atoms with van der Waals surface area (Å²) in [4.78, 5) is 19.1. The number of amides is 2. The normalized spacial score (nSPS) is 16.6. The number of carbonyl (C=O) groups excluding carboxylic acids is 1. The number of likely N-dealkylation sites (tertiary alicyclic amines) is 1. The van der Waals surface area contributed by atoms with E-state index in [-0.39, 0.29) is 11.9 Å². The Labute approximate surface area is 177 Å². The molecule has 1 fully saturated rings. The Balaban J connectivity index is 1.38. The molecule has 2 amide bonds. The fourth-order valence-electron chi connectivity index (χ4n) is 3.48. The van der Waals surface area contributed by atoms with Crippen molar-refractivity contribution < 1.29 is 14.1 Å². The first-order valence-electron chi connectivity index (χ1n) is 9.37. The van der Waals surface area contributed by atoms with E-state index in [9.17, 15) is 4.79 Å². The number of ether oxygens (including phenoxy) is 1. The van der Waals surface area contributed by atoms with Crippen LogP contribution in [0.4, 0.5) is 10.5 Å². The highest BCUT2D eigenvalue weighted by Gasteiger charge is 2.26. The van der Waals surface area contributed by atoms with Crippen molar-refractivity contribution >= 4 is 34.7 Å². The molecule has 29 heavy (non-hydrogen) atoms. The highest BCUT2D eigenvalue weighted by atomic mass is 35.5. The number of benzene rings is 1. The molecule has 1 N–H and O–H groups in total. The maximum Gasteiger partial charge on any atom is 0.321 e. The Morgan fingerprint density at radius 1 is 1.45 bits per heavy atom. The smallest absolute Gasteiger partial charge is 0.321 e. The van der Waals surface area contributed by atoms with Crippen LogP contribution in [0.25, 0.3) is 11.4 Å². The van der Waals surface area contributed by atoms with Gasteiger partial charge in [-0.1, -0.05) is 16.8 Å². The van der Waals surface area contributed by atoms with Gasteiger partial charge in [0.05, 0.1) is 12.8 Å². The van der Waals surface area contributed by atoms with Crippen molar-refractivity contribution in [2.45, 2.75) is 19.3 Å². The van der Waals surface area contributed by atoms with Gasteiger partial charge in [-0.3, -0.25) is 0 Å². The number of thiophene rings is 1. The van der Waals surface area contributed by atoms with Gasteiger partial charge in [0.25, 0.3) is 0 Å². The molecule has 4 rings (SSSR count). The minimum atomic E-state index is -0.167. The van der Waals surface area contributed by atoms with Gasteiger partial charge in [0.2, 0.25) is 11.7 Å². The van der Waals surface area contributed by atoms with Gasteiger partial charge in [-0.05, 0) is 48.4 Å². The van der Waals surface area contributed by atoms with E-state index in [1.54, 1.807) is 36.6 Å². The topological polar surface area (TPSA) is 80.5 Å². The second-order valence-corrected chi connectivity index (χ2v) is 8.17. The maximum absolute atomic E-state index is 12.8. The molecule has 1 aliphatic rings. The second-order valence-electron chi connectivity index (χ2n) is 6.96. The van der Waals surface area contributed by atoms with Crippen LogP contribution >= 0.6 is 22.9 Å². The van der Waals surface area contributed by atoms with Crippen molar-refractivity contribution in [3.05, 3.63) is 45.9 Å². The molecule has 9 heteroatoms. The molecule has 2 aromatic heterocycles. The number of nitrogens with zero attached hydrogens (tertiary/aromatic N) is 3. The number of halogens is 1. The van der Waals surface area contributed by atoms with Gasteiger partial charge in [0.1, 0.15) is 5.75 Å². The van der Waals surface area contributed by atoms with Gasteiger partial charge in [-0.15, -0.1) is 0 Å². The SMILES string of the molecule is COc1ccc(Cl)cc1NC(=O)N1CCCC(Cc2nc(-c3ccsc3)no2)C1. The minimum Gasteiger partial charge on any atom is -0.495 e. The number of methoxy groups -OCH3 is 1. The van der Waals surface area contributed by atoms with Crippen molar-refractivity contribution in [2.75, 3.05) is 25.5 Å². The van der Waals surface area contributed by atoms with E-state index < -0.39 is 0 Å². The first kappa shape index (κ1) is 19.7. The predicted molar refractivity (Wildman–Crippen MR) is 113 cm³/mol. The van der Waals surface area contributed by atoms with Crippen LogP contribution in [-0.2, 0) is 6.42 Å². The van der Waals surface area contributed by atoms with E-state index in [2.05, 4.69) is 15.5 Å². The number of urea groups is 1. The standard InChI is InChI=1S/C20H21ClN4O3S/c1-27-17-5-4-15(21)10-16(17)22-20(26)25-7-2-3-13(11-25)9-18-23-19(24-28-18)14-6-8-29-12-14/h4-6,8,10,12-13H,2-3,7,9,11H2,1H3,(H,22,26). The maximum atomic E-state index is 12.8. The van der Waals surface area contributed by atoms with Gasteiger partial charge in [-0.25, -0.2) is 4.79 Å². The number of hydrogen-bond donors (Lipinski definition) is 1. The Morgan fingerprint density at radius 3 is 3.14 bits per heavy atom. The Bertz CT molecular complexity index is 976. The lowest BCUT2D eigenvalue weighted by atomic mass is 9.95. The summed E-state index contributed by atoms with van der Waals surface area (Å²) in [6, 6.07) is 6.94. The average Bonchev–Trinajstić information content (AvgIpc) is 3.40. The summed E-state index contributed by atoms with van der Waals surface area (Å²) in [5, 5.41) is 11.5. The third kappa shape index (κ3) is 4.71. The summed E-state index contributed by atoms with van der Waals surface area (Å²) < 4.78 is 10.7. The van der Waals surface area contributed by atoms with Crippen LogP contribution < -0.4 is 10.1 Å². The summed E-state index contributed by atoms with van der Waals surface area (Å²) in [6.45, 7) is 1.33. The summed E-state index contributed by atoms with van der Waals surface area (Å²) in [6.07, 6.45) is 2.60. The zero-order chi connectivity index (χ0) is 20.2. The van der Waals surface area contributed by atoms with Gasteiger partial charge in [0, 0.05) is 35.5 Å². The molecule has 3 aromatic rings. The fraction of sp³-hybridized carbons (Fsp3) is 0.350. The van der Waals surface area contributed by atoms with Crippen molar-refractivity contribution in [3.63, 3.8) is 0 Å². The average molecular weight is 433 g/mol. The second kappa shape index (κ2) is 8.84. The largest absolute Gasteiger partial charge is 0.495 e. The monoisotopic (exact) mass is 432 g/mol. The molecular weight excluding hydrogens is 412 g/mol. The first-order valence-corrected chi connectivity index (χ1v) is 10.7. The lowest BCUT2D eigenvalue weighted by Gasteiger charge is -2.32. The van der Waals surface area contributed by atoms with Crippen molar-refractivity contribution in [1.29, 1.82) is 0 Å². The molecule has 1 unspecified atom stereocenters. The molecule has 7 nitrogen and oxygen atoms in total. The molecule has 1 aromatic carbocycles. The van der Waals surface area contributed by atoms with Gasteiger partial charge in [0.15, 0.2) is 0 Å². The number of nitrogens with one attached hydrogen (secondary N) is 1. The number of rotatable bonds is 5. The first-order chi connectivity index (χ1) is 14.1. The summed E-state index contributed by atoms with van der Waals surface area (Å²) in [7, 11) is 1.56. The Hall–Kier alpha value is -2.58. The summed E-state index contributed by atoms with van der Waals surface area (Å²) >= 11 is 7.65. The number of hydrogen-bond acceptors (Lipinski definition) is 6. The van der Waals surface area contributed by atoms with Crippen LogP contribution in [0, 0.1) is 5.92 Å². The number of carbonyl (C=O) groups is 1. The molecular formula is C20H21ClN4O3S.